The first-order valence-electron chi connectivity index (χ1n) is 7.35. The van der Waals surface area contributed by atoms with Gasteiger partial charge in [0.25, 0.3) is 0 Å². The molecule has 1 aliphatic heterocycles. The fraction of sp³-hybridized carbons (Fsp3) is 0.263. The van der Waals surface area contributed by atoms with E-state index in [1.54, 1.807) is 0 Å². The number of fused-ring (bicyclic) bond motifs is 4. The molecule has 21 heavy (non-hydrogen) atoms. The molecule has 0 saturated heterocycles. The van der Waals surface area contributed by atoms with Crippen LogP contribution in [0.5, 0.6) is 0 Å². The highest BCUT2D eigenvalue weighted by atomic mass is 32.2. The van der Waals surface area contributed by atoms with E-state index < -0.39 is 0 Å². The Bertz CT molecular complexity index is 771. The maximum absolute atomic E-state index is 9.43. The molecule has 0 aromatic heterocycles. The Morgan fingerprint density at radius 1 is 1.10 bits per heavy atom. The normalized spacial score (nSPS) is 18.2. The lowest BCUT2D eigenvalue weighted by Gasteiger charge is -2.33. The first-order valence-corrected chi connectivity index (χ1v) is 8.17. The Hall–Kier alpha value is -1.51. The smallest absolute Gasteiger partial charge is 0.0682 e. The second-order valence-electron chi connectivity index (χ2n) is 6.29. The van der Waals surface area contributed by atoms with Gasteiger partial charge in [-0.05, 0) is 65.8 Å². The van der Waals surface area contributed by atoms with Crippen molar-refractivity contribution in [3.05, 3.63) is 64.7 Å². The molecule has 0 amide bonds. The van der Waals surface area contributed by atoms with Crippen molar-refractivity contribution in [3.8, 4) is 0 Å². The van der Waals surface area contributed by atoms with Crippen LogP contribution in [0.1, 0.15) is 36.1 Å². The van der Waals surface area contributed by atoms with Crippen LogP contribution in [0.3, 0.4) is 0 Å². The van der Waals surface area contributed by atoms with Gasteiger partial charge in [0.1, 0.15) is 0 Å². The maximum Gasteiger partial charge on any atom is 0.0682 e. The fourth-order valence-electron chi connectivity index (χ4n) is 3.60. The molecule has 0 spiro atoms. The van der Waals surface area contributed by atoms with Crippen LogP contribution in [0.15, 0.2) is 47.4 Å². The van der Waals surface area contributed by atoms with Crippen LogP contribution in [-0.2, 0) is 13.0 Å². The van der Waals surface area contributed by atoms with Crippen LogP contribution >= 0.6 is 11.8 Å². The van der Waals surface area contributed by atoms with Crippen molar-refractivity contribution in [2.24, 2.45) is 0 Å². The van der Waals surface area contributed by atoms with Crippen LogP contribution in [0.25, 0.3) is 11.1 Å². The van der Waals surface area contributed by atoms with Crippen LogP contribution in [0.2, 0.25) is 0 Å². The van der Waals surface area contributed by atoms with Gasteiger partial charge in [0.05, 0.1) is 6.61 Å². The number of hydrogen-bond donors (Lipinski definition) is 1. The average Bonchev–Trinajstić information content (AvgIpc) is 2.86. The van der Waals surface area contributed by atoms with Crippen molar-refractivity contribution < 1.29 is 5.11 Å². The Morgan fingerprint density at radius 2 is 1.90 bits per heavy atom. The number of hydrogen-bond acceptors (Lipinski definition) is 2. The minimum absolute atomic E-state index is 0.0724. The molecular weight excluding hydrogens is 276 g/mol. The van der Waals surface area contributed by atoms with Crippen molar-refractivity contribution in [2.45, 2.75) is 36.5 Å². The molecule has 106 valence electrons. The maximum atomic E-state index is 9.43. The lowest BCUT2D eigenvalue weighted by atomic mass is 9.90. The largest absolute Gasteiger partial charge is 0.392 e. The average molecular weight is 294 g/mol. The van der Waals surface area contributed by atoms with Crippen LogP contribution in [-0.4, -0.2) is 9.85 Å². The summed E-state index contributed by atoms with van der Waals surface area (Å²) in [6.45, 7) is 4.73. The van der Waals surface area contributed by atoms with Gasteiger partial charge >= 0.3 is 0 Å². The SMILES string of the molecule is CC1(C)Sc2ccccc2C2=C1c1cc(CO)ccc1C2. The lowest BCUT2D eigenvalue weighted by molar-refractivity contribution is 0.282. The zero-order valence-electron chi connectivity index (χ0n) is 12.3. The lowest BCUT2D eigenvalue weighted by Crippen LogP contribution is -2.20. The Labute approximate surface area is 129 Å². The van der Waals surface area contributed by atoms with Crippen molar-refractivity contribution in [1.82, 2.24) is 0 Å². The summed E-state index contributed by atoms with van der Waals surface area (Å²) < 4.78 is 0.0724. The summed E-state index contributed by atoms with van der Waals surface area (Å²) in [4.78, 5) is 1.39. The van der Waals surface area contributed by atoms with Gasteiger partial charge in [-0.1, -0.05) is 30.3 Å². The van der Waals surface area contributed by atoms with E-state index in [-0.39, 0.29) is 11.4 Å². The topological polar surface area (TPSA) is 20.2 Å². The third kappa shape index (κ3) is 1.90. The first kappa shape index (κ1) is 13.2. The van der Waals surface area contributed by atoms with E-state index in [9.17, 15) is 5.11 Å². The molecule has 1 nitrogen and oxygen atoms in total. The van der Waals surface area contributed by atoms with E-state index in [1.807, 2.05) is 17.8 Å². The van der Waals surface area contributed by atoms with Gasteiger partial charge < -0.3 is 5.11 Å². The van der Waals surface area contributed by atoms with Gasteiger partial charge in [-0.15, -0.1) is 11.8 Å². The molecular formula is C19H18OS. The van der Waals surface area contributed by atoms with Crippen molar-refractivity contribution in [2.75, 3.05) is 0 Å². The molecule has 0 saturated carbocycles. The van der Waals surface area contributed by atoms with Gasteiger partial charge in [-0.3, -0.25) is 0 Å². The molecule has 4 rings (SSSR count). The summed E-state index contributed by atoms with van der Waals surface area (Å²) in [5, 5.41) is 9.43. The standard InChI is InChI=1S/C19H18OS/c1-19(2)18-15-9-12(11-20)7-8-13(15)10-16(18)14-5-3-4-6-17(14)21-19/h3-9,20H,10-11H2,1-2H3. The van der Waals surface area contributed by atoms with Crippen LogP contribution in [0, 0.1) is 0 Å². The molecule has 1 heterocycles. The highest BCUT2D eigenvalue weighted by Crippen LogP contribution is 2.56. The molecule has 0 atom stereocenters. The summed E-state index contributed by atoms with van der Waals surface area (Å²) in [5.41, 5.74) is 8.04. The van der Waals surface area contributed by atoms with Crippen molar-refractivity contribution in [1.29, 1.82) is 0 Å². The molecule has 1 N–H and O–H groups in total. The van der Waals surface area contributed by atoms with Gasteiger partial charge in [0, 0.05) is 9.64 Å². The van der Waals surface area contributed by atoms with E-state index in [0.717, 1.165) is 12.0 Å². The van der Waals surface area contributed by atoms with Gasteiger partial charge in [-0.2, -0.15) is 0 Å². The van der Waals surface area contributed by atoms with E-state index >= 15 is 0 Å². The summed E-state index contributed by atoms with van der Waals surface area (Å²) >= 11 is 1.95. The molecule has 2 aromatic carbocycles. The molecule has 0 unspecified atom stereocenters. The van der Waals surface area contributed by atoms with Gasteiger partial charge in [-0.25, -0.2) is 0 Å². The molecule has 0 radical (unpaired) electrons. The number of rotatable bonds is 1. The number of aliphatic hydroxyl groups is 1. The molecule has 1 aliphatic carbocycles. The molecule has 2 aliphatic rings. The third-order valence-corrected chi connectivity index (χ3v) is 5.76. The van der Waals surface area contributed by atoms with Gasteiger partial charge in [0.2, 0.25) is 0 Å². The summed E-state index contributed by atoms with van der Waals surface area (Å²) in [6.07, 6.45) is 1.01. The van der Waals surface area contributed by atoms with E-state index in [1.165, 1.54) is 32.7 Å². The monoisotopic (exact) mass is 294 g/mol. The summed E-state index contributed by atoms with van der Waals surface area (Å²) in [7, 11) is 0. The zero-order valence-corrected chi connectivity index (χ0v) is 13.1. The van der Waals surface area contributed by atoms with Crippen molar-refractivity contribution >= 4 is 22.9 Å². The Kier molecular flexibility index (Phi) is 2.82. The second-order valence-corrected chi connectivity index (χ2v) is 7.95. The molecule has 2 aromatic rings. The minimum Gasteiger partial charge on any atom is -0.392 e. The Morgan fingerprint density at radius 3 is 2.71 bits per heavy atom. The number of aliphatic hydroxyl groups excluding tert-OH is 1. The quantitative estimate of drug-likeness (QED) is 0.834. The number of allylic oxidation sites excluding steroid dienone is 1. The Balaban J connectivity index is 1.98. The fourth-order valence-corrected chi connectivity index (χ4v) is 4.93. The predicted molar refractivity (Wildman–Crippen MR) is 89.3 cm³/mol. The third-order valence-electron chi connectivity index (χ3n) is 4.47. The molecule has 0 fully saturated rings. The van der Waals surface area contributed by atoms with Crippen LogP contribution < -0.4 is 0 Å². The van der Waals surface area contributed by atoms with Crippen molar-refractivity contribution in [3.63, 3.8) is 0 Å². The number of benzene rings is 2. The summed E-state index contributed by atoms with van der Waals surface area (Å²) in [6, 6.07) is 15.1. The minimum atomic E-state index is 0.0724. The van der Waals surface area contributed by atoms with E-state index in [2.05, 4.69) is 50.2 Å². The highest BCUT2D eigenvalue weighted by Gasteiger charge is 2.38. The number of thioether (sulfide) groups is 1. The molecule has 0 bridgehead atoms. The van der Waals surface area contributed by atoms with Gasteiger partial charge in [0.15, 0.2) is 0 Å². The first-order chi connectivity index (χ1) is 10.1. The predicted octanol–water partition coefficient (Wildman–Crippen LogP) is 4.53. The van der Waals surface area contributed by atoms with E-state index in [0.29, 0.717) is 0 Å². The summed E-state index contributed by atoms with van der Waals surface area (Å²) in [5.74, 6) is 0. The highest BCUT2D eigenvalue weighted by molar-refractivity contribution is 8.01. The second kappa shape index (κ2) is 4.49. The van der Waals surface area contributed by atoms with E-state index in [4.69, 9.17) is 0 Å². The zero-order chi connectivity index (χ0) is 14.6. The molecule has 2 heteroatoms. The van der Waals surface area contributed by atoms with Crippen LogP contribution in [0.4, 0.5) is 0 Å².